The fourth-order valence-electron chi connectivity index (χ4n) is 0.820. The third kappa shape index (κ3) is 1.68. The number of carbonyl (C=O) groups excluding carboxylic acids is 1. The number of hydrogen-bond donors (Lipinski definition) is 1. The maximum atomic E-state index is 10.7. The van der Waals surface area contributed by atoms with Crippen LogP contribution in [0.25, 0.3) is 0 Å². The van der Waals surface area contributed by atoms with Crippen LogP contribution in [0, 0.1) is 0 Å². The molecule has 0 aromatic heterocycles. The molecule has 1 aromatic carbocycles. The van der Waals surface area contributed by atoms with Crippen molar-refractivity contribution in [3.05, 3.63) is 28.8 Å². The van der Waals surface area contributed by atoms with E-state index in [1.54, 1.807) is 12.1 Å². The van der Waals surface area contributed by atoms with Gasteiger partial charge in [-0.25, -0.2) is 0 Å². The van der Waals surface area contributed by atoms with E-state index in [9.17, 15) is 4.79 Å². The molecule has 0 radical (unpaired) electrons. The maximum Gasteiger partial charge on any atom is 0.248 e. The summed E-state index contributed by atoms with van der Waals surface area (Å²) in [7, 11) is 1.51. The molecule has 0 atom stereocenters. The molecule has 0 spiro atoms. The van der Waals surface area contributed by atoms with Crippen molar-refractivity contribution in [2.75, 3.05) is 7.11 Å². The summed E-state index contributed by atoms with van der Waals surface area (Å²) < 4.78 is 4.90. The second kappa shape index (κ2) is 3.45. The van der Waals surface area contributed by atoms with Crippen LogP contribution >= 0.6 is 11.6 Å². The summed E-state index contributed by atoms with van der Waals surface area (Å²) in [6.45, 7) is 0. The topological polar surface area (TPSA) is 52.3 Å². The van der Waals surface area contributed by atoms with Gasteiger partial charge in [-0.15, -0.1) is 0 Å². The first-order chi connectivity index (χ1) is 5.65. The molecule has 0 heterocycles. The predicted octanol–water partition coefficient (Wildman–Crippen LogP) is 1.45. The fourth-order valence-corrected chi connectivity index (χ4v) is 1.08. The lowest BCUT2D eigenvalue weighted by molar-refractivity contribution is 0.100. The van der Waals surface area contributed by atoms with E-state index in [0.29, 0.717) is 16.3 Å². The van der Waals surface area contributed by atoms with Crippen LogP contribution < -0.4 is 10.5 Å². The molecular weight excluding hydrogens is 178 g/mol. The van der Waals surface area contributed by atoms with Crippen molar-refractivity contribution in [1.29, 1.82) is 0 Å². The first-order valence-electron chi connectivity index (χ1n) is 3.28. The van der Waals surface area contributed by atoms with E-state index in [-0.39, 0.29) is 0 Å². The quantitative estimate of drug-likeness (QED) is 0.758. The summed E-state index contributed by atoms with van der Waals surface area (Å²) in [5.41, 5.74) is 5.41. The number of hydrogen-bond acceptors (Lipinski definition) is 2. The van der Waals surface area contributed by atoms with Gasteiger partial charge >= 0.3 is 0 Å². The summed E-state index contributed by atoms with van der Waals surface area (Å²) in [6, 6.07) is 4.64. The highest BCUT2D eigenvalue weighted by atomic mass is 35.5. The molecule has 0 saturated carbocycles. The minimum atomic E-state index is -0.500. The van der Waals surface area contributed by atoms with Crippen molar-refractivity contribution in [1.82, 2.24) is 0 Å². The van der Waals surface area contributed by atoms with Crippen molar-refractivity contribution in [2.24, 2.45) is 5.73 Å². The third-order valence-corrected chi connectivity index (χ3v) is 1.73. The smallest absolute Gasteiger partial charge is 0.248 e. The highest BCUT2D eigenvalue weighted by molar-refractivity contribution is 6.32. The van der Waals surface area contributed by atoms with E-state index < -0.39 is 5.91 Å². The van der Waals surface area contributed by atoms with Gasteiger partial charge in [-0.3, -0.25) is 4.79 Å². The molecular formula is C8H8ClNO2. The van der Waals surface area contributed by atoms with Gasteiger partial charge in [-0.1, -0.05) is 11.6 Å². The Balaban J connectivity index is 3.10. The standard InChI is InChI=1S/C8H8ClNO2/c1-12-7-3-2-5(8(10)11)4-6(7)9/h2-4H,1H3,(H2,10,11). The Morgan fingerprint density at radius 2 is 2.25 bits per heavy atom. The molecule has 1 amide bonds. The van der Waals surface area contributed by atoms with E-state index in [1.807, 2.05) is 0 Å². The highest BCUT2D eigenvalue weighted by Gasteiger charge is 2.04. The normalized spacial score (nSPS) is 9.50. The molecule has 2 N–H and O–H groups in total. The number of ether oxygens (including phenoxy) is 1. The van der Waals surface area contributed by atoms with Gasteiger partial charge in [-0.2, -0.15) is 0 Å². The fraction of sp³-hybridized carbons (Fsp3) is 0.125. The molecule has 4 heteroatoms. The molecule has 1 aromatic rings. The Morgan fingerprint density at radius 3 is 2.67 bits per heavy atom. The second-order valence-electron chi connectivity index (χ2n) is 2.21. The average molecular weight is 186 g/mol. The Bertz CT molecular complexity index is 312. The van der Waals surface area contributed by atoms with Crippen LogP contribution in [-0.2, 0) is 0 Å². The predicted molar refractivity (Wildman–Crippen MR) is 46.5 cm³/mol. The summed E-state index contributed by atoms with van der Waals surface area (Å²) in [5, 5.41) is 0.383. The van der Waals surface area contributed by atoms with Crippen LogP contribution in [-0.4, -0.2) is 13.0 Å². The van der Waals surface area contributed by atoms with Crippen molar-refractivity contribution >= 4 is 17.5 Å². The van der Waals surface area contributed by atoms with Gasteiger partial charge in [0, 0.05) is 5.56 Å². The van der Waals surface area contributed by atoms with Gasteiger partial charge in [0.2, 0.25) is 5.91 Å². The van der Waals surface area contributed by atoms with E-state index in [2.05, 4.69) is 0 Å². The molecule has 0 aliphatic heterocycles. The van der Waals surface area contributed by atoms with E-state index in [0.717, 1.165) is 0 Å². The summed E-state index contributed by atoms with van der Waals surface area (Å²) in [5.74, 6) is 0.0289. The van der Waals surface area contributed by atoms with Crippen LogP contribution in [0.15, 0.2) is 18.2 Å². The number of benzene rings is 1. The van der Waals surface area contributed by atoms with Crippen LogP contribution in [0.4, 0.5) is 0 Å². The third-order valence-electron chi connectivity index (χ3n) is 1.44. The monoisotopic (exact) mass is 185 g/mol. The lowest BCUT2D eigenvalue weighted by Crippen LogP contribution is -2.10. The highest BCUT2D eigenvalue weighted by Crippen LogP contribution is 2.24. The van der Waals surface area contributed by atoms with E-state index in [1.165, 1.54) is 13.2 Å². The number of halogens is 1. The number of nitrogens with two attached hydrogens (primary N) is 1. The molecule has 0 aliphatic carbocycles. The maximum absolute atomic E-state index is 10.7. The zero-order valence-electron chi connectivity index (χ0n) is 6.50. The van der Waals surface area contributed by atoms with Gasteiger partial charge in [-0.05, 0) is 18.2 Å². The Hall–Kier alpha value is -1.22. The molecule has 0 bridgehead atoms. The Morgan fingerprint density at radius 1 is 1.58 bits per heavy atom. The first kappa shape index (κ1) is 8.87. The Kier molecular flexibility index (Phi) is 2.55. The lowest BCUT2D eigenvalue weighted by atomic mass is 10.2. The number of amides is 1. The van der Waals surface area contributed by atoms with Gasteiger partial charge in [0.25, 0.3) is 0 Å². The van der Waals surface area contributed by atoms with Crippen molar-refractivity contribution in [2.45, 2.75) is 0 Å². The van der Waals surface area contributed by atoms with Crippen LogP contribution in [0.1, 0.15) is 10.4 Å². The second-order valence-corrected chi connectivity index (χ2v) is 2.62. The lowest BCUT2D eigenvalue weighted by Gasteiger charge is -2.02. The zero-order valence-corrected chi connectivity index (χ0v) is 7.26. The first-order valence-corrected chi connectivity index (χ1v) is 3.66. The summed E-state index contributed by atoms with van der Waals surface area (Å²) in [4.78, 5) is 10.7. The van der Waals surface area contributed by atoms with Crippen molar-refractivity contribution in [3.8, 4) is 5.75 Å². The molecule has 1 rings (SSSR count). The zero-order chi connectivity index (χ0) is 9.14. The van der Waals surface area contributed by atoms with Gasteiger partial charge in [0.1, 0.15) is 5.75 Å². The van der Waals surface area contributed by atoms with Crippen LogP contribution in [0.5, 0.6) is 5.75 Å². The molecule has 0 aliphatic rings. The molecule has 0 fully saturated rings. The minimum Gasteiger partial charge on any atom is -0.495 e. The molecule has 3 nitrogen and oxygen atoms in total. The molecule has 0 saturated heterocycles. The van der Waals surface area contributed by atoms with Crippen LogP contribution in [0.3, 0.4) is 0 Å². The van der Waals surface area contributed by atoms with Crippen LogP contribution in [0.2, 0.25) is 5.02 Å². The van der Waals surface area contributed by atoms with E-state index >= 15 is 0 Å². The average Bonchev–Trinajstić information content (AvgIpc) is 2.04. The van der Waals surface area contributed by atoms with Gasteiger partial charge in [0.05, 0.1) is 12.1 Å². The van der Waals surface area contributed by atoms with Crippen molar-refractivity contribution < 1.29 is 9.53 Å². The minimum absolute atomic E-state index is 0.376. The molecule has 64 valence electrons. The molecule has 12 heavy (non-hydrogen) atoms. The number of carbonyl (C=O) groups is 1. The Labute approximate surface area is 75.1 Å². The molecule has 0 unspecified atom stereocenters. The summed E-state index contributed by atoms with van der Waals surface area (Å²) >= 11 is 5.74. The van der Waals surface area contributed by atoms with Gasteiger partial charge < -0.3 is 10.5 Å². The number of primary amides is 1. The van der Waals surface area contributed by atoms with E-state index in [4.69, 9.17) is 22.1 Å². The number of rotatable bonds is 2. The SMILES string of the molecule is COc1ccc(C(N)=O)cc1Cl. The largest absolute Gasteiger partial charge is 0.495 e. The van der Waals surface area contributed by atoms with Gasteiger partial charge in [0.15, 0.2) is 0 Å². The summed E-state index contributed by atoms with van der Waals surface area (Å²) in [6.07, 6.45) is 0. The van der Waals surface area contributed by atoms with Crippen molar-refractivity contribution in [3.63, 3.8) is 0 Å². The number of methoxy groups -OCH3 is 1.